The first kappa shape index (κ1) is 18.3. The largest absolute Gasteiger partial charge is 0.493 e. The topological polar surface area (TPSA) is 65.8 Å². The van der Waals surface area contributed by atoms with Gasteiger partial charge in [-0.2, -0.15) is 0 Å². The van der Waals surface area contributed by atoms with Crippen LogP contribution >= 0.6 is 0 Å². The summed E-state index contributed by atoms with van der Waals surface area (Å²) in [5.41, 5.74) is 1.14. The van der Waals surface area contributed by atoms with E-state index in [-0.39, 0.29) is 18.6 Å². The number of hydrogen-bond donors (Lipinski definition) is 0. The number of nitrogens with zero attached hydrogens (tertiary/aromatic N) is 3. The number of ether oxygens (including phenoxy) is 3. The number of carbonyl (C=O) groups excluding carboxylic acids is 1. The van der Waals surface area contributed by atoms with E-state index in [1.54, 1.807) is 20.3 Å². The standard InChI is InChI=1S/C19H25N3O4/c1-14-19-20-12-15(8-11-24-2)22(19)10-9-21(14)18(23)13-26-17-7-5-4-6-16(17)25-3/h4-7,12,14H,8-11,13H2,1-3H3/t14-/m1/s1. The molecule has 7 heteroatoms. The van der Waals surface area contributed by atoms with E-state index in [0.717, 1.165) is 24.5 Å². The number of amides is 1. The van der Waals surface area contributed by atoms with Gasteiger partial charge in [0.2, 0.25) is 0 Å². The van der Waals surface area contributed by atoms with Crippen LogP contribution in [-0.4, -0.2) is 54.3 Å². The van der Waals surface area contributed by atoms with E-state index in [1.807, 2.05) is 36.2 Å². The van der Waals surface area contributed by atoms with Crippen LogP contribution < -0.4 is 9.47 Å². The smallest absolute Gasteiger partial charge is 0.261 e. The highest BCUT2D eigenvalue weighted by atomic mass is 16.5. The van der Waals surface area contributed by atoms with Gasteiger partial charge >= 0.3 is 0 Å². The van der Waals surface area contributed by atoms with Gasteiger partial charge in [0, 0.05) is 38.5 Å². The fourth-order valence-electron chi connectivity index (χ4n) is 3.27. The number of methoxy groups -OCH3 is 2. The Hall–Kier alpha value is -2.54. The van der Waals surface area contributed by atoms with Crippen molar-refractivity contribution in [2.24, 2.45) is 0 Å². The van der Waals surface area contributed by atoms with Gasteiger partial charge in [-0.3, -0.25) is 4.79 Å². The zero-order chi connectivity index (χ0) is 18.5. The Bertz CT molecular complexity index is 759. The van der Waals surface area contributed by atoms with Crippen molar-refractivity contribution in [3.05, 3.63) is 42.0 Å². The molecule has 7 nitrogen and oxygen atoms in total. The molecule has 0 aliphatic carbocycles. The highest BCUT2D eigenvalue weighted by Gasteiger charge is 2.30. The molecule has 0 N–H and O–H groups in total. The van der Waals surface area contributed by atoms with Crippen molar-refractivity contribution in [2.45, 2.75) is 25.9 Å². The molecule has 1 aromatic carbocycles. The molecule has 26 heavy (non-hydrogen) atoms. The SMILES string of the molecule is COCCc1cnc2n1CCN(C(=O)COc1ccccc1OC)[C@@H]2C. The number of benzene rings is 1. The molecule has 3 rings (SSSR count). The molecule has 140 valence electrons. The minimum atomic E-state index is -0.0891. The number of carbonyl (C=O) groups is 1. The number of rotatable bonds is 7. The number of fused-ring (bicyclic) bond motifs is 1. The van der Waals surface area contributed by atoms with E-state index in [4.69, 9.17) is 14.2 Å². The molecule has 0 saturated carbocycles. The molecule has 0 spiro atoms. The minimum Gasteiger partial charge on any atom is -0.493 e. The molecule has 1 aromatic heterocycles. The van der Waals surface area contributed by atoms with Gasteiger partial charge in [0.25, 0.3) is 5.91 Å². The number of para-hydroxylation sites is 2. The lowest BCUT2D eigenvalue weighted by molar-refractivity contribution is -0.136. The molecular weight excluding hydrogens is 334 g/mol. The second kappa shape index (κ2) is 8.23. The van der Waals surface area contributed by atoms with Crippen molar-refractivity contribution >= 4 is 5.91 Å². The third-order valence-corrected chi connectivity index (χ3v) is 4.68. The zero-order valence-corrected chi connectivity index (χ0v) is 15.5. The average molecular weight is 359 g/mol. The van der Waals surface area contributed by atoms with Gasteiger partial charge in [-0.15, -0.1) is 0 Å². The number of hydrogen-bond acceptors (Lipinski definition) is 5. The zero-order valence-electron chi connectivity index (χ0n) is 15.5. The summed E-state index contributed by atoms with van der Waals surface area (Å²) >= 11 is 0. The van der Waals surface area contributed by atoms with Gasteiger partial charge in [0.1, 0.15) is 5.82 Å². The van der Waals surface area contributed by atoms with Crippen LogP contribution in [0.15, 0.2) is 30.5 Å². The highest BCUT2D eigenvalue weighted by Crippen LogP contribution is 2.28. The van der Waals surface area contributed by atoms with Crippen molar-refractivity contribution in [1.82, 2.24) is 14.5 Å². The van der Waals surface area contributed by atoms with E-state index < -0.39 is 0 Å². The highest BCUT2D eigenvalue weighted by molar-refractivity contribution is 5.78. The van der Waals surface area contributed by atoms with Crippen molar-refractivity contribution < 1.29 is 19.0 Å². The van der Waals surface area contributed by atoms with Gasteiger partial charge in [0.15, 0.2) is 18.1 Å². The molecule has 2 heterocycles. The quantitative estimate of drug-likeness (QED) is 0.757. The van der Waals surface area contributed by atoms with E-state index >= 15 is 0 Å². The Labute approximate surface area is 153 Å². The summed E-state index contributed by atoms with van der Waals surface area (Å²) in [5.74, 6) is 2.03. The van der Waals surface area contributed by atoms with Crippen LogP contribution in [0.5, 0.6) is 11.5 Å². The Morgan fingerprint density at radius 1 is 1.23 bits per heavy atom. The van der Waals surface area contributed by atoms with Gasteiger partial charge < -0.3 is 23.7 Å². The Morgan fingerprint density at radius 3 is 2.73 bits per heavy atom. The predicted octanol–water partition coefficient (Wildman–Crippen LogP) is 2.06. The fourth-order valence-corrected chi connectivity index (χ4v) is 3.27. The molecule has 0 fully saturated rings. The van der Waals surface area contributed by atoms with E-state index in [9.17, 15) is 4.79 Å². The second-order valence-electron chi connectivity index (χ2n) is 6.20. The van der Waals surface area contributed by atoms with Crippen LogP contribution in [-0.2, 0) is 22.5 Å². The van der Waals surface area contributed by atoms with Gasteiger partial charge in [-0.25, -0.2) is 4.98 Å². The van der Waals surface area contributed by atoms with Crippen LogP contribution in [0.3, 0.4) is 0 Å². The minimum absolute atomic E-state index is 0.0258. The number of imidazole rings is 1. The molecule has 1 amide bonds. The van der Waals surface area contributed by atoms with Crippen molar-refractivity contribution in [3.8, 4) is 11.5 Å². The fraction of sp³-hybridized carbons (Fsp3) is 0.474. The lowest BCUT2D eigenvalue weighted by Gasteiger charge is -2.34. The first-order chi connectivity index (χ1) is 12.7. The Kier molecular flexibility index (Phi) is 5.78. The monoisotopic (exact) mass is 359 g/mol. The molecular formula is C19H25N3O4. The van der Waals surface area contributed by atoms with E-state index in [0.29, 0.717) is 24.7 Å². The summed E-state index contributed by atoms with van der Waals surface area (Å²) in [6, 6.07) is 7.22. The molecule has 0 saturated heterocycles. The van der Waals surface area contributed by atoms with Crippen LogP contribution in [0.25, 0.3) is 0 Å². The van der Waals surface area contributed by atoms with E-state index in [2.05, 4.69) is 9.55 Å². The van der Waals surface area contributed by atoms with Gasteiger partial charge in [0.05, 0.1) is 19.8 Å². The molecule has 2 aromatic rings. The summed E-state index contributed by atoms with van der Waals surface area (Å²) < 4.78 is 18.3. The Balaban J connectivity index is 1.65. The van der Waals surface area contributed by atoms with Crippen molar-refractivity contribution in [3.63, 3.8) is 0 Å². The summed E-state index contributed by atoms with van der Waals surface area (Å²) in [6.45, 7) is 4.01. The molecule has 0 unspecified atom stereocenters. The Morgan fingerprint density at radius 2 is 2.00 bits per heavy atom. The molecule has 0 bridgehead atoms. The van der Waals surface area contributed by atoms with Crippen molar-refractivity contribution in [2.75, 3.05) is 34.0 Å². The third kappa shape index (κ3) is 3.67. The van der Waals surface area contributed by atoms with Crippen LogP contribution in [0.4, 0.5) is 0 Å². The lowest BCUT2D eigenvalue weighted by atomic mass is 10.2. The van der Waals surface area contributed by atoms with Crippen molar-refractivity contribution in [1.29, 1.82) is 0 Å². The lowest BCUT2D eigenvalue weighted by Crippen LogP contribution is -2.43. The number of aromatic nitrogens is 2. The van der Waals surface area contributed by atoms with Crippen LogP contribution in [0.1, 0.15) is 24.5 Å². The third-order valence-electron chi connectivity index (χ3n) is 4.68. The summed E-state index contributed by atoms with van der Waals surface area (Å²) in [7, 11) is 3.27. The summed E-state index contributed by atoms with van der Waals surface area (Å²) in [4.78, 5) is 19.0. The van der Waals surface area contributed by atoms with Crippen LogP contribution in [0.2, 0.25) is 0 Å². The molecule has 0 radical (unpaired) electrons. The first-order valence-corrected chi connectivity index (χ1v) is 8.74. The average Bonchev–Trinajstić information content (AvgIpc) is 3.08. The first-order valence-electron chi connectivity index (χ1n) is 8.74. The maximum absolute atomic E-state index is 12.7. The van der Waals surface area contributed by atoms with Crippen LogP contribution in [0, 0.1) is 0 Å². The predicted molar refractivity (Wildman–Crippen MR) is 96.4 cm³/mol. The van der Waals surface area contributed by atoms with Gasteiger partial charge in [-0.1, -0.05) is 12.1 Å². The van der Waals surface area contributed by atoms with Gasteiger partial charge in [-0.05, 0) is 19.1 Å². The maximum Gasteiger partial charge on any atom is 0.261 e. The van der Waals surface area contributed by atoms with E-state index in [1.165, 1.54) is 0 Å². The summed E-state index contributed by atoms with van der Waals surface area (Å²) in [6.07, 6.45) is 2.70. The molecule has 1 aliphatic heterocycles. The summed E-state index contributed by atoms with van der Waals surface area (Å²) in [5, 5.41) is 0. The molecule has 1 aliphatic rings. The molecule has 1 atom stereocenters. The second-order valence-corrected chi connectivity index (χ2v) is 6.20. The normalized spacial score (nSPS) is 16.3. The maximum atomic E-state index is 12.7.